The molecule has 1 unspecified atom stereocenters. The summed E-state index contributed by atoms with van der Waals surface area (Å²) < 4.78 is 0. The summed E-state index contributed by atoms with van der Waals surface area (Å²) >= 11 is 0. The molecule has 24 heavy (non-hydrogen) atoms. The lowest BCUT2D eigenvalue weighted by molar-refractivity contribution is -0.122. The van der Waals surface area contributed by atoms with E-state index >= 15 is 0 Å². The van der Waals surface area contributed by atoms with Gasteiger partial charge < -0.3 is 10.6 Å². The maximum Gasteiger partial charge on any atom is 0.234 e. The average molecular weight is 333 g/mol. The zero-order valence-electron chi connectivity index (χ0n) is 16.8. The second-order valence-electron chi connectivity index (χ2n) is 8.76. The van der Waals surface area contributed by atoms with Crippen molar-refractivity contribution in [2.45, 2.75) is 78.8 Å². The number of hydrogen-bond acceptors (Lipinski definition) is 2. The Labute approximate surface area is 148 Å². The van der Waals surface area contributed by atoms with Gasteiger partial charge in [0.1, 0.15) is 0 Å². The van der Waals surface area contributed by atoms with E-state index in [-0.39, 0.29) is 22.9 Å². The first-order valence-electron chi connectivity index (χ1n) is 9.11. The van der Waals surface area contributed by atoms with Gasteiger partial charge >= 0.3 is 0 Å². The van der Waals surface area contributed by atoms with Crippen molar-refractivity contribution in [2.75, 3.05) is 6.54 Å². The maximum atomic E-state index is 12.2. The third-order valence-electron chi connectivity index (χ3n) is 4.65. The van der Waals surface area contributed by atoms with Crippen LogP contribution in [-0.4, -0.2) is 18.0 Å². The molecule has 136 valence electrons. The summed E-state index contributed by atoms with van der Waals surface area (Å²) in [4.78, 5) is 12.2. The van der Waals surface area contributed by atoms with Crippen molar-refractivity contribution in [3.05, 3.63) is 35.4 Å². The van der Waals surface area contributed by atoms with Gasteiger partial charge in [0, 0.05) is 11.6 Å². The van der Waals surface area contributed by atoms with E-state index in [2.05, 4.69) is 90.3 Å². The van der Waals surface area contributed by atoms with Crippen LogP contribution in [-0.2, 0) is 10.2 Å². The van der Waals surface area contributed by atoms with Crippen LogP contribution in [0.15, 0.2) is 24.3 Å². The highest BCUT2D eigenvalue weighted by Crippen LogP contribution is 2.26. The second-order valence-corrected chi connectivity index (χ2v) is 8.76. The fraction of sp³-hybridized carbons (Fsp3) is 0.667. The molecular weight excluding hydrogens is 296 g/mol. The Morgan fingerprint density at radius 1 is 1.04 bits per heavy atom. The highest BCUT2D eigenvalue weighted by Gasteiger charge is 2.21. The summed E-state index contributed by atoms with van der Waals surface area (Å²) in [6.07, 6.45) is 0.917. The van der Waals surface area contributed by atoms with E-state index in [4.69, 9.17) is 0 Å². The Hall–Kier alpha value is -1.35. The Balaban J connectivity index is 2.76. The summed E-state index contributed by atoms with van der Waals surface area (Å²) in [5.41, 5.74) is 2.57. The van der Waals surface area contributed by atoms with Gasteiger partial charge in [0.05, 0.1) is 6.54 Å². The molecule has 1 aromatic rings. The first kappa shape index (κ1) is 20.7. The lowest BCUT2D eigenvalue weighted by Gasteiger charge is -2.27. The Bertz CT molecular complexity index is 524. The SMILES string of the molecule is CCC(C)(C)NC(=O)CNC(c1ccc(C(C)(C)C)cc1)C(C)C. The molecule has 3 heteroatoms. The molecule has 0 spiro atoms. The van der Waals surface area contributed by atoms with E-state index in [1.165, 1.54) is 11.1 Å². The zero-order chi connectivity index (χ0) is 18.5. The summed E-state index contributed by atoms with van der Waals surface area (Å²) in [5, 5.41) is 6.51. The monoisotopic (exact) mass is 332 g/mol. The van der Waals surface area contributed by atoms with Crippen molar-refractivity contribution in [3.63, 3.8) is 0 Å². The molecule has 1 atom stereocenters. The zero-order valence-corrected chi connectivity index (χ0v) is 16.8. The number of hydrogen-bond donors (Lipinski definition) is 2. The van der Waals surface area contributed by atoms with Crippen molar-refractivity contribution in [2.24, 2.45) is 5.92 Å². The molecule has 0 aliphatic heterocycles. The highest BCUT2D eigenvalue weighted by molar-refractivity contribution is 5.78. The summed E-state index contributed by atoms with van der Waals surface area (Å²) in [5.74, 6) is 0.469. The minimum atomic E-state index is -0.152. The maximum absolute atomic E-state index is 12.2. The largest absolute Gasteiger partial charge is 0.350 e. The highest BCUT2D eigenvalue weighted by atomic mass is 16.2. The van der Waals surface area contributed by atoms with Crippen LogP contribution in [0, 0.1) is 5.92 Å². The van der Waals surface area contributed by atoms with E-state index in [0.717, 1.165) is 6.42 Å². The molecule has 3 nitrogen and oxygen atoms in total. The second kappa shape index (κ2) is 8.15. The number of carbonyl (C=O) groups excluding carboxylic acids is 1. The molecule has 0 bridgehead atoms. The van der Waals surface area contributed by atoms with Crippen molar-refractivity contribution in [1.82, 2.24) is 10.6 Å². The van der Waals surface area contributed by atoms with Crippen molar-refractivity contribution in [3.8, 4) is 0 Å². The lowest BCUT2D eigenvalue weighted by Crippen LogP contribution is -2.47. The van der Waals surface area contributed by atoms with Crippen molar-refractivity contribution < 1.29 is 4.79 Å². The van der Waals surface area contributed by atoms with Crippen LogP contribution in [0.5, 0.6) is 0 Å². The van der Waals surface area contributed by atoms with E-state index < -0.39 is 0 Å². The van der Waals surface area contributed by atoms with Gasteiger partial charge in [0.2, 0.25) is 5.91 Å². The molecule has 0 aliphatic carbocycles. The topological polar surface area (TPSA) is 41.1 Å². The molecular formula is C21H36N2O. The van der Waals surface area contributed by atoms with E-state index in [1.807, 2.05) is 0 Å². The predicted molar refractivity (Wildman–Crippen MR) is 103 cm³/mol. The molecule has 0 radical (unpaired) electrons. The van der Waals surface area contributed by atoms with E-state index in [9.17, 15) is 4.79 Å². The standard InChI is InChI=1S/C21H36N2O/c1-9-21(7,8)23-18(24)14-22-19(15(2)3)16-10-12-17(13-11-16)20(4,5)6/h10-13,15,19,22H,9,14H2,1-8H3,(H,23,24). The summed E-state index contributed by atoms with van der Waals surface area (Å²) in [6, 6.07) is 8.95. The first-order chi connectivity index (χ1) is 11.0. The van der Waals surface area contributed by atoms with Crippen LogP contribution in [0.25, 0.3) is 0 Å². The van der Waals surface area contributed by atoms with Gasteiger partial charge in [-0.15, -0.1) is 0 Å². The van der Waals surface area contributed by atoms with Gasteiger partial charge in [0.25, 0.3) is 0 Å². The number of amides is 1. The average Bonchev–Trinajstić information content (AvgIpc) is 2.46. The third kappa shape index (κ3) is 6.27. The Morgan fingerprint density at radius 2 is 1.58 bits per heavy atom. The molecule has 0 saturated carbocycles. The number of rotatable bonds is 7. The molecule has 0 saturated heterocycles. The van der Waals surface area contributed by atoms with Crippen LogP contribution in [0.4, 0.5) is 0 Å². The van der Waals surface area contributed by atoms with Crippen LogP contribution in [0.1, 0.15) is 79.0 Å². The fourth-order valence-corrected chi connectivity index (χ4v) is 2.64. The van der Waals surface area contributed by atoms with Crippen LogP contribution < -0.4 is 10.6 Å². The van der Waals surface area contributed by atoms with Gasteiger partial charge in [-0.2, -0.15) is 0 Å². The van der Waals surface area contributed by atoms with Crippen LogP contribution >= 0.6 is 0 Å². The van der Waals surface area contributed by atoms with Gasteiger partial charge in [0.15, 0.2) is 0 Å². The third-order valence-corrected chi connectivity index (χ3v) is 4.65. The number of benzene rings is 1. The predicted octanol–water partition coefficient (Wildman–Crippen LogP) is 4.58. The van der Waals surface area contributed by atoms with Gasteiger partial charge in [-0.1, -0.05) is 65.8 Å². The van der Waals surface area contributed by atoms with Crippen LogP contribution in [0.2, 0.25) is 0 Å². The van der Waals surface area contributed by atoms with Crippen molar-refractivity contribution >= 4 is 5.91 Å². The Kier molecular flexibility index (Phi) is 7.03. The number of nitrogens with one attached hydrogen (secondary N) is 2. The molecule has 0 aliphatic rings. The van der Waals surface area contributed by atoms with Gasteiger partial charge in [-0.05, 0) is 42.7 Å². The minimum Gasteiger partial charge on any atom is -0.350 e. The van der Waals surface area contributed by atoms with E-state index in [0.29, 0.717) is 12.5 Å². The Morgan fingerprint density at radius 3 is 2.00 bits per heavy atom. The summed E-state index contributed by atoms with van der Waals surface area (Å²) in [7, 11) is 0. The van der Waals surface area contributed by atoms with Gasteiger partial charge in [-0.25, -0.2) is 0 Å². The smallest absolute Gasteiger partial charge is 0.234 e. The molecule has 1 aromatic carbocycles. The first-order valence-corrected chi connectivity index (χ1v) is 9.11. The molecule has 0 fully saturated rings. The van der Waals surface area contributed by atoms with Crippen molar-refractivity contribution in [1.29, 1.82) is 0 Å². The lowest BCUT2D eigenvalue weighted by atomic mass is 9.85. The molecule has 1 amide bonds. The molecule has 2 N–H and O–H groups in total. The van der Waals surface area contributed by atoms with E-state index in [1.54, 1.807) is 0 Å². The minimum absolute atomic E-state index is 0.0545. The molecule has 1 rings (SSSR count). The number of carbonyl (C=O) groups is 1. The quantitative estimate of drug-likeness (QED) is 0.767. The molecule has 0 heterocycles. The summed E-state index contributed by atoms with van der Waals surface area (Å²) in [6.45, 7) is 17.6. The van der Waals surface area contributed by atoms with Crippen LogP contribution in [0.3, 0.4) is 0 Å². The normalized spacial score (nSPS) is 13.9. The van der Waals surface area contributed by atoms with Gasteiger partial charge in [-0.3, -0.25) is 4.79 Å². The fourth-order valence-electron chi connectivity index (χ4n) is 2.64. The molecule has 0 aromatic heterocycles.